The number of carbonyl (C=O) groups excluding carboxylic acids is 1. The van der Waals surface area contributed by atoms with Crippen molar-refractivity contribution in [1.29, 1.82) is 0 Å². The molecule has 0 bridgehead atoms. The lowest BCUT2D eigenvalue weighted by atomic mass is 9.98. The van der Waals surface area contributed by atoms with Gasteiger partial charge in [0.1, 0.15) is 17.2 Å². The van der Waals surface area contributed by atoms with E-state index in [0.29, 0.717) is 23.1 Å². The second-order valence-electron chi connectivity index (χ2n) is 7.89. The summed E-state index contributed by atoms with van der Waals surface area (Å²) in [7, 11) is 0. The zero-order valence-electron chi connectivity index (χ0n) is 17.7. The standard InChI is InChI=1S/C21H22FN7O3/c1-13-7-9-27(10-8-13)18-6-3-15(11-20(18)29(31)32)21(30)23-16-4-5-17(22)19(12-16)28-14(2)24-25-26-28/h3-6,11-13H,7-10H2,1-2H3,(H,23,30). The van der Waals surface area contributed by atoms with Crippen LogP contribution in [0.15, 0.2) is 36.4 Å². The molecule has 1 amide bonds. The number of nitrogens with zero attached hydrogens (tertiary/aromatic N) is 6. The van der Waals surface area contributed by atoms with Gasteiger partial charge < -0.3 is 10.2 Å². The molecule has 4 rings (SSSR count). The van der Waals surface area contributed by atoms with Crippen LogP contribution in [0.25, 0.3) is 5.69 Å². The van der Waals surface area contributed by atoms with Crippen LogP contribution in [-0.4, -0.2) is 44.1 Å². The summed E-state index contributed by atoms with van der Waals surface area (Å²) in [6, 6.07) is 8.44. The highest BCUT2D eigenvalue weighted by Crippen LogP contribution is 2.32. The van der Waals surface area contributed by atoms with Gasteiger partial charge in [-0.15, -0.1) is 5.10 Å². The minimum atomic E-state index is -0.561. The van der Waals surface area contributed by atoms with E-state index in [1.807, 2.05) is 4.90 Å². The molecule has 0 aliphatic carbocycles. The molecule has 10 nitrogen and oxygen atoms in total. The van der Waals surface area contributed by atoms with Gasteiger partial charge in [-0.2, -0.15) is 4.68 Å². The molecule has 1 aliphatic rings. The molecule has 0 radical (unpaired) electrons. The number of nitro benzene ring substituents is 1. The van der Waals surface area contributed by atoms with Crippen molar-refractivity contribution in [3.63, 3.8) is 0 Å². The van der Waals surface area contributed by atoms with Crippen molar-refractivity contribution >= 4 is 23.0 Å². The Bertz CT molecular complexity index is 1170. The molecule has 11 heteroatoms. The van der Waals surface area contributed by atoms with Crippen LogP contribution in [0.4, 0.5) is 21.5 Å². The number of nitro groups is 1. The molecule has 0 saturated carbocycles. The molecule has 1 aliphatic heterocycles. The van der Waals surface area contributed by atoms with Gasteiger partial charge in [0.25, 0.3) is 11.6 Å². The van der Waals surface area contributed by atoms with E-state index in [2.05, 4.69) is 27.8 Å². The van der Waals surface area contributed by atoms with Crippen LogP contribution in [0.2, 0.25) is 0 Å². The van der Waals surface area contributed by atoms with Crippen LogP contribution in [0.5, 0.6) is 0 Å². The van der Waals surface area contributed by atoms with Crippen molar-refractivity contribution in [1.82, 2.24) is 20.2 Å². The number of rotatable bonds is 5. The first-order valence-electron chi connectivity index (χ1n) is 10.2. The summed E-state index contributed by atoms with van der Waals surface area (Å²) in [5, 5.41) is 25.3. The highest BCUT2D eigenvalue weighted by atomic mass is 19.1. The van der Waals surface area contributed by atoms with E-state index in [0.717, 1.165) is 25.9 Å². The van der Waals surface area contributed by atoms with Gasteiger partial charge in [0.05, 0.1) is 4.92 Å². The van der Waals surface area contributed by atoms with Crippen LogP contribution in [0.3, 0.4) is 0 Å². The van der Waals surface area contributed by atoms with Crippen molar-refractivity contribution in [2.45, 2.75) is 26.7 Å². The van der Waals surface area contributed by atoms with Gasteiger partial charge in [-0.1, -0.05) is 6.92 Å². The zero-order chi connectivity index (χ0) is 22.8. The topological polar surface area (TPSA) is 119 Å². The van der Waals surface area contributed by atoms with E-state index < -0.39 is 16.6 Å². The first-order valence-corrected chi connectivity index (χ1v) is 10.2. The van der Waals surface area contributed by atoms with Crippen molar-refractivity contribution in [3.05, 3.63) is 63.7 Å². The van der Waals surface area contributed by atoms with Gasteiger partial charge in [-0.3, -0.25) is 14.9 Å². The maximum atomic E-state index is 14.3. The lowest BCUT2D eigenvalue weighted by molar-refractivity contribution is -0.384. The highest BCUT2D eigenvalue weighted by molar-refractivity contribution is 6.05. The number of aromatic nitrogens is 4. The molecular weight excluding hydrogens is 417 g/mol. The lowest BCUT2D eigenvalue weighted by Crippen LogP contribution is -2.33. The van der Waals surface area contributed by atoms with Crippen molar-refractivity contribution < 1.29 is 14.1 Å². The third-order valence-electron chi connectivity index (χ3n) is 5.62. The van der Waals surface area contributed by atoms with Gasteiger partial charge in [-0.25, -0.2) is 4.39 Å². The first kappa shape index (κ1) is 21.3. The van der Waals surface area contributed by atoms with Crippen molar-refractivity contribution in [3.8, 4) is 5.69 Å². The predicted octanol–water partition coefficient (Wildman–Crippen LogP) is 3.51. The average Bonchev–Trinajstić information content (AvgIpc) is 3.20. The van der Waals surface area contributed by atoms with E-state index >= 15 is 0 Å². The number of tetrazole rings is 1. The summed E-state index contributed by atoms with van der Waals surface area (Å²) >= 11 is 0. The molecule has 2 aromatic carbocycles. The number of hydrogen-bond donors (Lipinski definition) is 1. The Morgan fingerprint density at radius 2 is 1.94 bits per heavy atom. The molecule has 166 valence electrons. The lowest BCUT2D eigenvalue weighted by Gasteiger charge is -2.31. The van der Waals surface area contributed by atoms with Crippen molar-refractivity contribution in [2.24, 2.45) is 5.92 Å². The molecule has 3 aromatic rings. The normalized spacial score (nSPS) is 14.4. The van der Waals surface area contributed by atoms with Gasteiger partial charge in [0.15, 0.2) is 5.82 Å². The monoisotopic (exact) mass is 439 g/mol. The molecule has 1 saturated heterocycles. The number of hydrogen-bond acceptors (Lipinski definition) is 7. The summed E-state index contributed by atoms with van der Waals surface area (Å²) < 4.78 is 15.5. The van der Waals surface area contributed by atoms with Crippen LogP contribution < -0.4 is 10.2 Å². The molecule has 0 atom stereocenters. The molecule has 2 heterocycles. The number of nitrogens with one attached hydrogen (secondary N) is 1. The predicted molar refractivity (Wildman–Crippen MR) is 116 cm³/mol. The Morgan fingerprint density at radius 3 is 2.59 bits per heavy atom. The Kier molecular flexibility index (Phi) is 5.80. The summed E-state index contributed by atoms with van der Waals surface area (Å²) in [6.45, 7) is 5.26. The average molecular weight is 439 g/mol. The van der Waals surface area contributed by atoms with E-state index in [4.69, 9.17) is 0 Å². The van der Waals surface area contributed by atoms with Crippen LogP contribution in [0, 0.1) is 28.8 Å². The van der Waals surface area contributed by atoms with Crippen LogP contribution >= 0.6 is 0 Å². The van der Waals surface area contributed by atoms with Gasteiger partial charge in [-0.05, 0) is 66.4 Å². The number of benzene rings is 2. The highest BCUT2D eigenvalue weighted by Gasteiger charge is 2.25. The van der Waals surface area contributed by atoms with E-state index in [-0.39, 0.29) is 16.9 Å². The number of amides is 1. The number of halogens is 1. The maximum Gasteiger partial charge on any atom is 0.293 e. The third-order valence-corrected chi connectivity index (χ3v) is 5.62. The molecular formula is C21H22FN7O3. The largest absolute Gasteiger partial charge is 0.366 e. The van der Waals surface area contributed by atoms with Crippen molar-refractivity contribution in [2.75, 3.05) is 23.3 Å². The molecule has 0 unspecified atom stereocenters. The van der Waals surface area contributed by atoms with Gasteiger partial charge in [0, 0.05) is 30.4 Å². The molecule has 32 heavy (non-hydrogen) atoms. The van der Waals surface area contributed by atoms with E-state index in [9.17, 15) is 19.3 Å². The first-order chi connectivity index (χ1) is 15.3. The Labute approximate surface area is 183 Å². The van der Waals surface area contributed by atoms with Gasteiger partial charge >= 0.3 is 0 Å². The number of aryl methyl sites for hydroxylation is 1. The second kappa shape index (κ2) is 8.69. The minimum Gasteiger partial charge on any atom is -0.366 e. The van der Waals surface area contributed by atoms with Crippen LogP contribution in [-0.2, 0) is 0 Å². The maximum absolute atomic E-state index is 14.3. The number of piperidine rings is 1. The smallest absolute Gasteiger partial charge is 0.293 e. The SMILES string of the molecule is Cc1nnnn1-c1cc(NC(=O)c2ccc(N3CCC(C)CC3)c([N+](=O)[O-])c2)ccc1F. The minimum absolute atomic E-state index is 0.0750. The number of anilines is 2. The molecule has 1 fully saturated rings. The second-order valence-corrected chi connectivity index (χ2v) is 7.89. The molecule has 1 aromatic heterocycles. The van der Waals surface area contributed by atoms with E-state index in [1.165, 1.54) is 28.9 Å². The summed E-state index contributed by atoms with van der Waals surface area (Å²) in [5.74, 6) is -0.133. The summed E-state index contributed by atoms with van der Waals surface area (Å²) in [5.41, 5.74) is 0.910. The van der Waals surface area contributed by atoms with Crippen LogP contribution in [0.1, 0.15) is 35.9 Å². The Morgan fingerprint density at radius 1 is 1.19 bits per heavy atom. The molecule has 1 N–H and O–H groups in total. The number of carbonyl (C=O) groups is 1. The fourth-order valence-electron chi connectivity index (χ4n) is 3.74. The Hall–Kier alpha value is -3.89. The zero-order valence-corrected chi connectivity index (χ0v) is 17.7. The molecule has 0 spiro atoms. The Balaban J connectivity index is 1.58. The summed E-state index contributed by atoms with van der Waals surface area (Å²) in [4.78, 5) is 26.0. The third kappa shape index (κ3) is 4.27. The summed E-state index contributed by atoms with van der Waals surface area (Å²) in [6.07, 6.45) is 1.93. The van der Waals surface area contributed by atoms with Gasteiger partial charge in [0.2, 0.25) is 0 Å². The quantitative estimate of drug-likeness (QED) is 0.477. The van der Waals surface area contributed by atoms with E-state index in [1.54, 1.807) is 19.1 Å². The fourth-order valence-corrected chi connectivity index (χ4v) is 3.74. The fraction of sp³-hybridized carbons (Fsp3) is 0.333.